The van der Waals surface area contributed by atoms with Crippen LogP contribution in [0.3, 0.4) is 0 Å². The van der Waals surface area contributed by atoms with Gasteiger partial charge in [0, 0.05) is 18.2 Å². The number of hydrogen-bond donors (Lipinski definition) is 5. The highest BCUT2D eigenvalue weighted by Gasteiger charge is 2.61. The number of aliphatic hydroxyl groups is 4. The van der Waals surface area contributed by atoms with Gasteiger partial charge in [0.15, 0.2) is 5.60 Å². The lowest BCUT2D eigenvalue weighted by molar-refractivity contribution is -0.314. The van der Waals surface area contributed by atoms with Crippen LogP contribution in [0, 0.1) is 0 Å². The Bertz CT molecular complexity index is 968. The highest BCUT2D eigenvalue weighted by molar-refractivity contribution is 6.32. The van der Waals surface area contributed by atoms with Gasteiger partial charge in [-0.25, -0.2) is 0 Å². The van der Waals surface area contributed by atoms with E-state index in [4.69, 9.17) is 21.1 Å². The summed E-state index contributed by atoms with van der Waals surface area (Å²) in [6.45, 7) is -0.560. The second-order valence-electron chi connectivity index (χ2n) is 7.06. The Morgan fingerprint density at radius 2 is 2.00 bits per heavy atom. The van der Waals surface area contributed by atoms with Gasteiger partial charge in [-0.2, -0.15) is 0 Å². The van der Waals surface area contributed by atoms with E-state index < -0.39 is 36.8 Å². The summed E-state index contributed by atoms with van der Waals surface area (Å²) < 4.78 is 11.1. The number of fused-ring (bicyclic) bond motifs is 3. The van der Waals surface area contributed by atoms with Gasteiger partial charge in [0.1, 0.15) is 24.1 Å². The molecule has 5 N–H and O–H groups in total. The lowest BCUT2D eigenvalue weighted by Crippen LogP contribution is -2.64. The monoisotopic (exact) mass is 421 g/mol. The Morgan fingerprint density at radius 3 is 2.69 bits per heavy atom. The van der Waals surface area contributed by atoms with Crippen molar-refractivity contribution in [3.8, 4) is 16.9 Å². The average Bonchev–Trinajstić information content (AvgIpc) is 3.03. The van der Waals surface area contributed by atoms with E-state index in [1.165, 1.54) is 7.05 Å². The number of aliphatic hydroxyl groups excluding tert-OH is 3. The summed E-state index contributed by atoms with van der Waals surface area (Å²) in [6.07, 6.45) is -5.68. The zero-order chi connectivity index (χ0) is 20.9. The summed E-state index contributed by atoms with van der Waals surface area (Å²) in [5, 5.41) is 44.1. The number of carbonyl (C=O) groups is 1. The molecule has 2 aliphatic heterocycles. The molecular formula is C20H20ClNO7. The molecule has 0 unspecified atom stereocenters. The van der Waals surface area contributed by atoms with Gasteiger partial charge in [-0.3, -0.25) is 4.79 Å². The Labute approximate surface area is 171 Å². The molecule has 1 fully saturated rings. The third-order valence-electron chi connectivity index (χ3n) is 5.38. The van der Waals surface area contributed by atoms with E-state index in [2.05, 4.69) is 5.32 Å². The fourth-order valence-electron chi connectivity index (χ4n) is 3.77. The van der Waals surface area contributed by atoms with E-state index in [0.717, 1.165) is 0 Å². The fraction of sp³-hybridized carbons (Fsp3) is 0.350. The lowest BCUT2D eigenvalue weighted by atomic mass is 9.81. The number of hydrogen-bond acceptors (Lipinski definition) is 7. The summed E-state index contributed by atoms with van der Waals surface area (Å²) in [4.78, 5) is 11.9. The van der Waals surface area contributed by atoms with Gasteiger partial charge in [0.2, 0.25) is 6.29 Å². The number of amides is 1. The van der Waals surface area contributed by atoms with Crippen molar-refractivity contribution in [2.24, 2.45) is 0 Å². The summed E-state index contributed by atoms with van der Waals surface area (Å²) in [5.41, 5.74) is -0.264. The zero-order valence-electron chi connectivity index (χ0n) is 15.4. The molecule has 2 heterocycles. The van der Waals surface area contributed by atoms with Crippen molar-refractivity contribution in [3.05, 3.63) is 52.5 Å². The number of nitrogens with one attached hydrogen (secondary N) is 1. The molecule has 29 heavy (non-hydrogen) atoms. The topological polar surface area (TPSA) is 128 Å². The molecule has 0 aromatic heterocycles. The molecule has 8 nitrogen and oxygen atoms in total. The number of benzene rings is 2. The molecule has 154 valence electrons. The normalized spacial score (nSPS) is 30.3. The predicted molar refractivity (Wildman–Crippen MR) is 103 cm³/mol. The molecule has 0 radical (unpaired) electrons. The highest BCUT2D eigenvalue weighted by atomic mass is 35.5. The van der Waals surface area contributed by atoms with Crippen LogP contribution in [-0.2, 0) is 10.3 Å². The molecule has 2 aromatic carbocycles. The van der Waals surface area contributed by atoms with Crippen molar-refractivity contribution in [2.45, 2.75) is 30.2 Å². The first-order chi connectivity index (χ1) is 13.8. The summed E-state index contributed by atoms with van der Waals surface area (Å²) in [5.74, 6) is -0.134. The van der Waals surface area contributed by atoms with Crippen LogP contribution in [0.25, 0.3) is 11.1 Å². The van der Waals surface area contributed by atoms with Gasteiger partial charge in [0.25, 0.3) is 5.91 Å². The van der Waals surface area contributed by atoms with Gasteiger partial charge in [-0.15, -0.1) is 0 Å². The van der Waals surface area contributed by atoms with Crippen LogP contribution in [0.4, 0.5) is 0 Å². The molecular weight excluding hydrogens is 402 g/mol. The van der Waals surface area contributed by atoms with Gasteiger partial charge >= 0.3 is 0 Å². The fourth-order valence-corrected chi connectivity index (χ4v) is 4.03. The minimum atomic E-state index is -2.08. The largest absolute Gasteiger partial charge is 0.459 e. The molecule has 1 saturated heterocycles. The molecule has 0 bridgehead atoms. The van der Waals surface area contributed by atoms with Gasteiger partial charge < -0.3 is 35.2 Å². The zero-order valence-corrected chi connectivity index (χ0v) is 16.1. The maximum Gasteiger partial charge on any atom is 0.251 e. The minimum absolute atomic E-state index is 0.121. The van der Waals surface area contributed by atoms with E-state index in [0.29, 0.717) is 16.7 Å². The Kier molecular flexibility index (Phi) is 5.02. The smallest absolute Gasteiger partial charge is 0.251 e. The second-order valence-corrected chi connectivity index (χ2v) is 7.47. The number of carbonyl (C=O) groups excluding carboxylic acids is 1. The SMILES string of the molecule is CNC(=O)c1cccc(-c2cc(Cl)c3c(c2)[C@@]2(O)[C@@H](O3)O[C@H](CO)[C@@H](O)[C@@H]2O)c1. The third-order valence-corrected chi connectivity index (χ3v) is 5.66. The van der Waals surface area contributed by atoms with Gasteiger partial charge in [-0.05, 0) is 35.4 Å². The maximum absolute atomic E-state index is 11.9. The molecule has 0 spiro atoms. The van der Waals surface area contributed by atoms with Crippen molar-refractivity contribution in [1.82, 2.24) is 5.32 Å². The van der Waals surface area contributed by atoms with Crippen LogP contribution < -0.4 is 10.1 Å². The van der Waals surface area contributed by atoms with Crippen LogP contribution in [0.5, 0.6) is 5.75 Å². The number of ether oxygens (including phenoxy) is 2. The van der Waals surface area contributed by atoms with Crippen LogP contribution >= 0.6 is 11.6 Å². The van der Waals surface area contributed by atoms with Crippen molar-refractivity contribution in [2.75, 3.05) is 13.7 Å². The molecule has 9 heteroatoms. The first kappa shape index (κ1) is 20.1. The van der Waals surface area contributed by atoms with Gasteiger partial charge in [-0.1, -0.05) is 23.7 Å². The highest BCUT2D eigenvalue weighted by Crippen LogP contribution is 2.52. The first-order valence-corrected chi connectivity index (χ1v) is 9.37. The van der Waals surface area contributed by atoms with Gasteiger partial charge in [0.05, 0.1) is 11.6 Å². The second kappa shape index (κ2) is 7.24. The van der Waals surface area contributed by atoms with E-state index in [9.17, 15) is 25.2 Å². The molecule has 2 aliphatic rings. The minimum Gasteiger partial charge on any atom is -0.459 e. The summed E-state index contributed by atoms with van der Waals surface area (Å²) in [6, 6.07) is 9.99. The van der Waals surface area contributed by atoms with Crippen molar-refractivity contribution in [1.29, 1.82) is 0 Å². The van der Waals surface area contributed by atoms with Crippen LogP contribution in [0.15, 0.2) is 36.4 Å². The Hall–Kier alpha value is -2.20. The molecule has 5 atom stereocenters. The first-order valence-electron chi connectivity index (χ1n) is 8.99. The lowest BCUT2D eigenvalue weighted by Gasteiger charge is -2.43. The molecule has 4 rings (SSSR count). The van der Waals surface area contributed by atoms with E-state index >= 15 is 0 Å². The maximum atomic E-state index is 11.9. The Morgan fingerprint density at radius 1 is 1.24 bits per heavy atom. The van der Waals surface area contributed by atoms with Crippen molar-refractivity contribution in [3.63, 3.8) is 0 Å². The quantitative estimate of drug-likeness (QED) is 0.484. The molecule has 1 amide bonds. The van der Waals surface area contributed by atoms with E-state index in [1.54, 1.807) is 36.4 Å². The van der Waals surface area contributed by atoms with E-state index in [-0.39, 0.29) is 22.2 Å². The Balaban J connectivity index is 1.81. The van der Waals surface area contributed by atoms with Crippen LogP contribution in [0.2, 0.25) is 5.02 Å². The number of rotatable bonds is 3. The predicted octanol–water partition coefficient (Wildman–Crippen LogP) is 0.386. The van der Waals surface area contributed by atoms with Crippen molar-refractivity contribution >= 4 is 17.5 Å². The van der Waals surface area contributed by atoms with Crippen LogP contribution in [0.1, 0.15) is 15.9 Å². The van der Waals surface area contributed by atoms with Crippen LogP contribution in [-0.4, -0.2) is 64.6 Å². The van der Waals surface area contributed by atoms with E-state index in [1.807, 2.05) is 0 Å². The molecule has 0 aliphatic carbocycles. The average molecular weight is 422 g/mol. The standard InChI is InChI=1S/C20H20ClNO7/c1-22-18(26)10-4-2-3-9(5-10)11-6-12-16(13(21)7-11)29-19-20(12,27)17(25)15(24)14(8-23)28-19/h2-7,14-15,17,19,23-25,27H,8H2,1H3,(H,22,26)/t14-,15-,17+,19-,20+/m1/s1. The molecule has 0 saturated carbocycles. The summed E-state index contributed by atoms with van der Waals surface area (Å²) in [7, 11) is 1.53. The molecule has 2 aromatic rings. The third kappa shape index (κ3) is 3.00. The summed E-state index contributed by atoms with van der Waals surface area (Å²) >= 11 is 6.37. The van der Waals surface area contributed by atoms with Crippen molar-refractivity contribution < 1.29 is 34.7 Å². The number of halogens is 1.